The van der Waals surface area contributed by atoms with Gasteiger partial charge in [0.25, 0.3) is 5.91 Å². The highest BCUT2D eigenvalue weighted by Crippen LogP contribution is 2.48. The molecule has 0 bridgehead atoms. The van der Waals surface area contributed by atoms with Gasteiger partial charge >= 0.3 is 10.1 Å². The zero-order chi connectivity index (χ0) is 28.5. The van der Waals surface area contributed by atoms with E-state index in [1.54, 1.807) is 38.1 Å². The Hall–Kier alpha value is -3.76. The lowest BCUT2D eigenvalue weighted by Gasteiger charge is -2.40. The minimum Gasteiger partial charge on any atom is -0.496 e. The summed E-state index contributed by atoms with van der Waals surface area (Å²) >= 11 is 0. The van der Waals surface area contributed by atoms with Crippen LogP contribution < -0.4 is 29.6 Å². The van der Waals surface area contributed by atoms with Gasteiger partial charge in [0.2, 0.25) is 0 Å². The quantitative estimate of drug-likeness (QED) is 0.366. The second-order valence-electron chi connectivity index (χ2n) is 9.96. The smallest absolute Gasteiger partial charge is 0.309 e. The Labute approximate surface area is 230 Å². The van der Waals surface area contributed by atoms with Gasteiger partial charge in [0, 0.05) is 29.8 Å². The fourth-order valence-electron chi connectivity index (χ4n) is 4.99. The molecule has 208 valence electrons. The van der Waals surface area contributed by atoms with E-state index in [0.717, 1.165) is 11.3 Å². The maximum Gasteiger partial charge on any atom is 0.309 e. The molecular formula is C29H35N3O6S. The van der Waals surface area contributed by atoms with E-state index in [9.17, 15) is 13.2 Å². The molecule has 0 saturated carbocycles. The number of para-hydroxylation sites is 1. The summed E-state index contributed by atoms with van der Waals surface area (Å²) in [5.74, 6) is 0.948. The normalized spacial score (nSPS) is 15.3. The number of nitrogens with zero attached hydrogens (tertiary/aromatic N) is 1. The van der Waals surface area contributed by atoms with E-state index in [1.165, 1.54) is 13.2 Å². The van der Waals surface area contributed by atoms with Crippen molar-refractivity contribution in [3.05, 3.63) is 65.7 Å². The second kappa shape index (κ2) is 10.8. The molecule has 1 heterocycles. The van der Waals surface area contributed by atoms with Crippen molar-refractivity contribution in [3.63, 3.8) is 0 Å². The van der Waals surface area contributed by atoms with Gasteiger partial charge in [-0.05, 0) is 50.1 Å². The minimum absolute atomic E-state index is 0.0937. The number of carbonyl (C=O) groups excluding carboxylic acids is 1. The maximum atomic E-state index is 13.3. The molecule has 0 fully saturated rings. The highest BCUT2D eigenvalue weighted by molar-refractivity contribution is 7.87. The summed E-state index contributed by atoms with van der Waals surface area (Å²) in [6.07, 6.45) is 0.438. The molecule has 1 aliphatic rings. The molecule has 1 amide bonds. The molecule has 0 radical (unpaired) electrons. The number of carbonyl (C=O) groups is 1. The first-order valence-electron chi connectivity index (χ1n) is 12.7. The number of amides is 1. The molecule has 0 aliphatic carbocycles. The van der Waals surface area contributed by atoms with Gasteiger partial charge in [0.05, 0.1) is 37.4 Å². The Kier molecular flexibility index (Phi) is 7.81. The minimum atomic E-state index is -3.73. The van der Waals surface area contributed by atoms with Gasteiger partial charge in [0.15, 0.2) is 0 Å². The Morgan fingerprint density at radius 3 is 2.33 bits per heavy atom. The van der Waals surface area contributed by atoms with E-state index >= 15 is 0 Å². The maximum absolute atomic E-state index is 13.3. The molecule has 0 saturated heterocycles. The number of fused-ring (bicyclic) bond motifs is 1. The number of methoxy groups -OCH3 is 2. The average Bonchev–Trinajstić information content (AvgIpc) is 2.90. The van der Waals surface area contributed by atoms with Gasteiger partial charge in [-0.15, -0.1) is 0 Å². The van der Waals surface area contributed by atoms with Crippen LogP contribution in [0.3, 0.4) is 0 Å². The molecule has 1 atom stereocenters. The van der Waals surface area contributed by atoms with E-state index < -0.39 is 21.7 Å². The van der Waals surface area contributed by atoms with Gasteiger partial charge < -0.3 is 29.6 Å². The number of ether oxygens (including phenoxy) is 2. The van der Waals surface area contributed by atoms with Crippen LogP contribution in [0.2, 0.25) is 0 Å². The zero-order valence-electron chi connectivity index (χ0n) is 23.1. The van der Waals surface area contributed by atoms with Crippen molar-refractivity contribution in [2.24, 2.45) is 5.73 Å². The Morgan fingerprint density at radius 2 is 1.67 bits per heavy atom. The van der Waals surface area contributed by atoms with Crippen molar-refractivity contribution in [2.45, 2.75) is 38.8 Å². The lowest BCUT2D eigenvalue weighted by molar-refractivity contribution is -0.121. The Bertz CT molecular complexity index is 1500. The van der Waals surface area contributed by atoms with Crippen LogP contribution in [0.25, 0.3) is 11.1 Å². The average molecular weight is 554 g/mol. The van der Waals surface area contributed by atoms with Crippen molar-refractivity contribution >= 4 is 27.4 Å². The third kappa shape index (κ3) is 5.39. The number of anilines is 2. The van der Waals surface area contributed by atoms with Crippen molar-refractivity contribution in [1.29, 1.82) is 0 Å². The number of benzene rings is 3. The van der Waals surface area contributed by atoms with E-state index in [4.69, 9.17) is 19.4 Å². The first-order valence-corrected chi connectivity index (χ1v) is 14.2. The highest BCUT2D eigenvalue weighted by Gasteiger charge is 2.40. The topological polar surface area (TPSA) is 120 Å². The SMILES string of the molecule is CCCS(=O)(=O)Oc1ccc(-c2ccc3c(c2C(N)c2ccccc2OC)N(C)C(=O)C(C)(C)N3)c(OC)c1. The first-order chi connectivity index (χ1) is 18.4. The van der Waals surface area contributed by atoms with Crippen LogP contribution in [0.5, 0.6) is 17.2 Å². The third-order valence-corrected chi connectivity index (χ3v) is 8.12. The lowest BCUT2D eigenvalue weighted by Crippen LogP contribution is -2.52. The fraction of sp³-hybridized carbons (Fsp3) is 0.345. The highest BCUT2D eigenvalue weighted by atomic mass is 32.2. The molecule has 1 aliphatic heterocycles. The molecule has 0 aromatic heterocycles. The summed E-state index contributed by atoms with van der Waals surface area (Å²) in [6, 6.07) is 15.5. The molecule has 1 unspecified atom stereocenters. The zero-order valence-corrected chi connectivity index (χ0v) is 23.9. The van der Waals surface area contributed by atoms with E-state index in [1.807, 2.05) is 50.2 Å². The lowest BCUT2D eigenvalue weighted by atomic mass is 9.86. The van der Waals surface area contributed by atoms with Crippen molar-refractivity contribution in [1.82, 2.24) is 0 Å². The summed E-state index contributed by atoms with van der Waals surface area (Å²) in [7, 11) is 1.09. The van der Waals surface area contributed by atoms with Crippen LogP contribution in [0, 0.1) is 0 Å². The Morgan fingerprint density at radius 1 is 1.00 bits per heavy atom. The summed E-state index contributed by atoms with van der Waals surface area (Å²) < 4.78 is 41.1. The summed E-state index contributed by atoms with van der Waals surface area (Å²) in [6.45, 7) is 5.43. The Balaban J connectivity index is 1.96. The third-order valence-electron chi connectivity index (χ3n) is 6.76. The van der Waals surface area contributed by atoms with Crippen molar-refractivity contribution in [2.75, 3.05) is 37.2 Å². The molecule has 3 aromatic carbocycles. The fourth-order valence-corrected chi connectivity index (χ4v) is 5.97. The van der Waals surface area contributed by atoms with Gasteiger partial charge in [-0.1, -0.05) is 31.2 Å². The van der Waals surface area contributed by atoms with Crippen molar-refractivity contribution in [3.8, 4) is 28.4 Å². The number of nitrogens with one attached hydrogen (secondary N) is 1. The van der Waals surface area contributed by atoms with Gasteiger partial charge in [-0.3, -0.25) is 4.79 Å². The predicted octanol–water partition coefficient (Wildman–Crippen LogP) is 4.70. The number of hydrogen-bond donors (Lipinski definition) is 2. The molecule has 3 aromatic rings. The van der Waals surface area contributed by atoms with E-state index in [0.29, 0.717) is 40.3 Å². The standard InChI is InChI=1S/C29H35N3O6S/c1-7-16-39(34,35)38-18-12-13-19(24(17-18)37-6)20-14-15-22-27(32(4)28(33)29(2,3)31-22)25(20)26(30)21-10-8-9-11-23(21)36-5/h8-15,17,26,31H,7,16,30H2,1-6H3. The van der Waals surface area contributed by atoms with Gasteiger partial charge in [-0.25, -0.2) is 0 Å². The van der Waals surface area contributed by atoms with Crippen LogP contribution in [0.15, 0.2) is 54.6 Å². The van der Waals surface area contributed by atoms with E-state index in [-0.39, 0.29) is 17.4 Å². The number of likely N-dealkylation sites (N-methyl/N-ethyl adjacent to an activating group) is 1. The van der Waals surface area contributed by atoms with Crippen LogP contribution >= 0.6 is 0 Å². The van der Waals surface area contributed by atoms with Crippen LogP contribution in [0.4, 0.5) is 11.4 Å². The van der Waals surface area contributed by atoms with Crippen LogP contribution in [-0.2, 0) is 14.9 Å². The van der Waals surface area contributed by atoms with Gasteiger partial charge in [-0.2, -0.15) is 8.42 Å². The predicted molar refractivity (Wildman–Crippen MR) is 153 cm³/mol. The molecule has 10 heteroatoms. The molecule has 4 rings (SSSR count). The summed E-state index contributed by atoms with van der Waals surface area (Å²) in [4.78, 5) is 15.0. The van der Waals surface area contributed by atoms with Gasteiger partial charge in [0.1, 0.15) is 22.8 Å². The number of hydrogen-bond acceptors (Lipinski definition) is 8. The van der Waals surface area contributed by atoms with E-state index in [2.05, 4.69) is 5.32 Å². The molecular weight excluding hydrogens is 518 g/mol. The molecule has 0 spiro atoms. The molecule has 3 N–H and O–H groups in total. The first kappa shape index (κ1) is 28.3. The van der Waals surface area contributed by atoms with Crippen molar-refractivity contribution < 1.29 is 26.9 Å². The number of rotatable bonds is 9. The largest absolute Gasteiger partial charge is 0.496 e. The second-order valence-corrected chi connectivity index (χ2v) is 11.7. The molecule has 9 nitrogen and oxygen atoms in total. The molecule has 39 heavy (non-hydrogen) atoms. The van der Waals surface area contributed by atoms with Crippen LogP contribution in [0.1, 0.15) is 44.4 Å². The summed E-state index contributed by atoms with van der Waals surface area (Å²) in [5, 5.41) is 3.35. The monoisotopic (exact) mass is 553 g/mol. The summed E-state index contributed by atoms with van der Waals surface area (Å²) in [5.41, 5.74) is 10.4. The number of nitrogens with two attached hydrogens (primary N) is 1. The van der Waals surface area contributed by atoms with Crippen LogP contribution in [-0.4, -0.2) is 46.9 Å².